The Kier molecular flexibility index (Phi) is 3.75. The molecule has 0 fully saturated rings. The van der Waals surface area contributed by atoms with Gasteiger partial charge >= 0.3 is 0 Å². The molecule has 0 spiro atoms. The van der Waals surface area contributed by atoms with Gasteiger partial charge < -0.3 is 5.32 Å². The Balaban J connectivity index is 2.07. The van der Waals surface area contributed by atoms with Gasteiger partial charge in [-0.3, -0.25) is 0 Å². The van der Waals surface area contributed by atoms with E-state index < -0.39 is 0 Å². The highest BCUT2D eigenvalue weighted by atomic mass is 79.9. The molecule has 0 saturated carbocycles. The summed E-state index contributed by atoms with van der Waals surface area (Å²) in [6.45, 7) is 2.98. The van der Waals surface area contributed by atoms with Gasteiger partial charge in [-0.1, -0.05) is 28.1 Å². The van der Waals surface area contributed by atoms with Crippen molar-refractivity contribution in [2.24, 2.45) is 0 Å². The van der Waals surface area contributed by atoms with E-state index in [-0.39, 0.29) is 0 Å². The van der Waals surface area contributed by atoms with Crippen LogP contribution in [0.3, 0.4) is 0 Å². The van der Waals surface area contributed by atoms with E-state index in [2.05, 4.69) is 33.2 Å². The molecule has 5 heteroatoms. The molecule has 1 aromatic heterocycles. The summed E-state index contributed by atoms with van der Waals surface area (Å²) in [6.07, 6.45) is 0. The summed E-state index contributed by atoms with van der Waals surface area (Å²) < 4.78 is 1.07. The molecule has 3 nitrogen and oxygen atoms in total. The van der Waals surface area contributed by atoms with Crippen molar-refractivity contribution in [3.63, 3.8) is 0 Å². The summed E-state index contributed by atoms with van der Waals surface area (Å²) in [4.78, 5) is 9.39. The molecule has 1 aliphatic heterocycles. The van der Waals surface area contributed by atoms with Crippen molar-refractivity contribution < 1.29 is 0 Å². The highest BCUT2D eigenvalue weighted by molar-refractivity contribution is 9.10. The summed E-state index contributed by atoms with van der Waals surface area (Å²) in [7, 11) is 0. The molecule has 19 heavy (non-hydrogen) atoms. The molecule has 2 heterocycles. The third-order valence-corrected chi connectivity index (χ3v) is 4.52. The molecule has 1 aliphatic rings. The Hall–Kier alpha value is -1.07. The second-order valence-electron chi connectivity index (χ2n) is 4.35. The first-order valence-corrected chi connectivity index (χ1v) is 8.20. The van der Waals surface area contributed by atoms with Crippen molar-refractivity contribution in [2.75, 3.05) is 11.9 Å². The van der Waals surface area contributed by atoms with Gasteiger partial charge in [0, 0.05) is 33.7 Å². The summed E-state index contributed by atoms with van der Waals surface area (Å²) in [5.41, 5.74) is 3.50. The van der Waals surface area contributed by atoms with Crippen molar-refractivity contribution in [1.29, 1.82) is 0 Å². The normalized spacial score (nSPS) is 13.4. The predicted molar refractivity (Wildman–Crippen MR) is 84.3 cm³/mol. The fourth-order valence-electron chi connectivity index (χ4n) is 2.09. The Morgan fingerprint density at radius 2 is 2.00 bits per heavy atom. The third-order valence-electron chi connectivity index (χ3n) is 3.02. The summed E-state index contributed by atoms with van der Waals surface area (Å²) in [6, 6.07) is 8.13. The molecule has 0 amide bonds. The minimum absolute atomic E-state index is 0.810. The van der Waals surface area contributed by atoms with Crippen LogP contribution in [0.25, 0.3) is 11.4 Å². The number of nitrogens with zero attached hydrogens (tertiary/aromatic N) is 2. The average molecular weight is 336 g/mol. The molecule has 1 N–H and O–H groups in total. The molecule has 1 aromatic carbocycles. The molecular formula is C14H14BrN3S. The molecule has 0 atom stereocenters. The van der Waals surface area contributed by atoms with Gasteiger partial charge in [-0.2, -0.15) is 11.8 Å². The van der Waals surface area contributed by atoms with Crippen LogP contribution in [0.15, 0.2) is 28.7 Å². The maximum atomic E-state index is 4.71. The Labute approximate surface area is 125 Å². The smallest absolute Gasteiger partial charge is 0.161 e. The zero-order valence-electron chi connectivity index (χ0n) is 10.6. The molecule has 0 aliphatic carbocycles. The fourth-order valence-corrected chi connectivity index (χ4v) is 3.40. The van der Waals surface area contributed by atoms with E-state index in [4.69, 9.17) is 4.98 Å². The number of benzene rings is 1. The maximum Gasteiger partial charge on any atom is 0.161 e. The lowest BCUT2D eigenvalue weighted by molar-refractivity contribution is 1.05. The van der Waals surface area contributed by atoms with Gasteiger partial charge in [-0.15, -0.1) is 0 Å². The van der Waals surface area contributed by atoms with Crippen LogP contribution in [0.2, 0.25) is 0 Å². The molecule has 98 valence electrons. The minimum Gasteiger partial charge on any atom is -0.370 e. The first-order chi connectivity index (χ1) is 9.28. The zero-order valence-corrected chi connectivity index (χ0v) is 13.0. The Morgan fingerprint density at radius 1 is 1.21 bits per heavy atom. The zero-order chi connectivity index (χ0) is 13.2. The van der Waals surface area contributed by atoms with Gasteiger partial charge in [0.05, 0.1) is 5.69 Å². The monoisotopic (exact) mass is 335 g/mol. The van der Waals surface area contributed by atoms with E-state index in [0.717, 1.165) is 39.7 Å². The Bertz CT molecular complexity index is 598. The first kappa shape index (κ1) is 12.9. The van der Waals surface area contributed by atoms with E-state index in [1.165, 1.54) is 11.3 Å². The summed E-state index contributed by atoms with van der Waals surface area (Å²) in [5, 5.41) is 3.36. The number of aromatic nitrogens is 2. The van der Waals surface area contributed by atoms with E-state index in [1.807, 2.05) is 36.0 Å². The second kappa shape index (κ2) is 5.51. The van der Waals surface area contributed by atoms with Crippen LogP contribution in [0.1, 0.15) is 18.2 Å². The van der Waals surface area contributed by atoms with E-state index in [1.54, 1.807) is 0 Å². The molecule has 0 bridgehead atoms. The minimum atomic E-state index is 0.810. The number of thioether (sulfide) groups is 1. The topological polar surface area (TPSA) is 37.8 Å². The van der Waals surface area contributed by atoms with Crippen molar-refractivity contribution in [1.82, 2.24) is 9.97 Å². The van der Waals surface area contributed by atoms with E-state index >= 15 is 0 Å². The van der Waals surface area contributed by atoms with Crippen molar-refractivity contribution >= 4 is 33.5 Å². The number of nitrogens with one attached hydrogen (secondary N) is 1. The van der Waals surface area contributed by atoms with Crippen LogP contribution in [-0.4, -0.2) is 16.5 Å². The van der Waals surface area contributed by atoms with Gasteiger partial charge in [0.25, 0.3) is 0 Å². The van der Waals surface area contributed by atoms with Crippen molar-refractivity contribution in [3.05, 3.63) is 40.0 Å². The quantitative estimate of drug-likeness (QED) is 0.916. The number of anilines is 1. The highest BCUT2D eigenvalue weighted by Crippen LogP contribution is 2.34. The molecule has 0 unspecified atom stereocenters. The van der Waals surface area contributed by atoms with Crippen LogP contribution in [0.5, 0.6) is 0 Å². The SMILES string of the molecule is CCNc1nc(-c2ccc(Br)cc2)nc2c1CSC2. The van der Waals surface area contributed by atoms with Gasteiger partial charge in [0.1, 0.15) is 5.82 Å². The lowest BCUT2D eigenvalue weighted by atomic mass is 10.2. The van der Waals surface area contributed by atoms with Gasteiger partial charge in [0.2, 0.25) is 0 Å². The van der Waals surface area contributed by atoms with Crippen molar-refractivity contribution in [3.8, 4) is 11.4 Å². The predicted octanol–water partition coefficient (Wildman–Crippen LogP) is 4.08. The molecule has 0 radical (unpaired) electrons. The molecule has 3 rings (SSSR count). The van der Waals surface area contributed by atoms with Crippen LogP contribution >= 0.6 is 27.7 Å². The number of fused-ring (bicyclic) bond motifs is 1. The number of hydrogen-bond acceptors (Lipinski definition) is 4. The third kappa shape index (κ3) is 2.62. The lowest BCUT2D eigenvalue weighted by Gasteiger charge is -2.10. The van der Waals surface area contributed by atoms with E-state index in [9.17, 15) is 0 Å². The van der Waals surface area contributed by atoms with Gasteiger partial charge in [-0.25, -0.2) is 9.97 Å². The average Bonchev–Trinajstić information content (AvgIpc) is 2.88. The van der Waals surface area contributed by atoms with Crippen LogP contribution < -0.4 is 5.32 Å². The fraction of sp³-hybridized carbons (Fsp3) is 0.286. The number of hydrogen-bond donors (Lipinski definition) is 1. The Morgan fingerprint density at radius 3 is 2.74 bits per heavy atom. The molecular weight excluding hydrogens is 322 g/mol. The second-order valence-corrected chi connectivity index (χ2v) is 6.25. The van der Waals surface area contributed by atoms with Gasteiger partial charge in [-0.05, 0) is 19.1 Å². The van der Waals surface area contributed by atoms with Gasteiger partial charge in [0.15, 0.2) is 5.82 Å². The van der Waals surface area contributed by atoms with Crippen LogP contribution in [-0.2, 0) is 11.5 Å². The van der Waals surface area contributed by atoms with Crippen LogP contribution in [0, 0.1) is 0 Å². The van der Waals surface area contributed by atoms with Crippen LogP contribution in [0.4, 0.5) is 5.82 Å². The van der Waals surface area contributed by atoms with Crippen molar-refractivity contribution in [2.45, 2.75) is 18.4 Å². The highest BCUT2D eigenvalue weighted by Gasteiger charge is 2.19. The standard InChI is InChI=1S/C14H14BrN3S/c1-2-16-14-11-7-19-8-12(11)17-13(18-14)9-3-5-10(15)6-4-9/h3-6H,2,7-8H2,1H3,(H,16,17,18). The largest absolute Gasteiger partial charge is 0.370 e. The first-order valence-electron chi connectivity index (χ1n) is 6.25. The molecule has 2 aromatic rings. The summed E-state index contributed by atoms with van der Waals surface area (Å²) in [5.74, 6) is 3.80. The lowest BCUT2D eigenvalue weighted by Crippen LogP contribution is -2.06. The maximum absolute atomic E-state index is 4.71. The number of rotatable bonds is 3. The summed E-state index contributed by atoms with van der Waals surface area (Å²) >= 11 is 5.35. The number of halogens is 1. The molecule has 0 saturated heterocycles. The van der Waals surface area contributed by atoms with E-state index in [0.29, 0.717) is 0 Å².